The molecule has 4 nitrogen and oxygen atoms in total. The molecular formula is C15H14ClN3OS. The highest BCUT2D eigenvalue weighted by Gasteiger charge is 2.08. The van der Waals surface area contributed by atoms with E-state index in [-0.39, 0.29) is 0 Å². The predicted molar refractivity (Wildman–Crippen MR) is 89.5 cm³/mol. The number of anilines is 1. The Hall–Kier alpha value is -2.11. The lowest BCUT2D eigenvalue weighted by molar-refractivity contribution is 0.100. The number of hydrogen-bond donors (Lipinski definition) is 3. The van der Waals surface area contributed by atoms with Crippen LogP contribution in [0.25, 0.3) is 0 Å². The molecule has 0 saturated carbocycles. The topological polar surface area (TPSA) is 67.2 Å². The zero-order valence-corrected chi connectivity index (χ0v) is 12.7. The molecular weight excluding hydrogens is 306 g/mol. The van der Waals surface area contributed by atoms with Crippen LogP contribution in [0.2, 0.25) is 5.02 Å². The third kappa shape index (κ3) is 4.44. The van der Waals surface area contributed by atoms with E-state index in [1.54, 1.807) is 24.3 Å². The van der Waals surface area contributed by atoms with Crippen LogP contribution in [0.3, 0.4) is 0 Å². The number of nitrogens with one attached hydrogen (secondary N) is 2. The average Bonchev–Trinajstić information content (AvgIpc) is 2.47. The van der Waals surface area contributed by atoms with Gasteiger partial charge in [0.1, 0.15) is 0 Å². The van der Waals surface area contributed by atoms with Gasteiger partial charge in [0, 0.05) is 11.6 Å². The molecule has 0 spiro atoms. The number of hydrogen-bond acceptors (Lipinski definition) is 2. The van der Waals surface area contributed by atoms with E-state index < -0.39 is 5.91 Å². The maximum atomic E-state index is 11.3. The van der Waals surface area contributed by atoms with Crippen molar-refractivity contribution in [1.29, 1.82) is 0 Å². The van der Waals surface area contributed by atoms with Crippen molar-refractivity contribution in [3.63, 3.8) is 0 Å². The van der Waals surface area contributed by atoms with Gasteiger partial charge in [-0.3, -0.25) is 4.79 Å². The molecule has 0 unspecified atom stereocenters. The zero-order valence-electron chi connectivity index (χ0n) is 11.1. The normalized spacial score (nSPS) is 9.95. The van der Waals surface area contributed by atoms with Crippen molar-refractivity contribution in [3.05, 3.63) is 64.7 Å². The minimum atomic E-state index is -0.501. The molecule has 2 rings (SSSR count). The van der Waals surface area contributed by atoms with Crippen LogP contribution in [0.1, 0.15) is 15.9 Å². The Bertz CT molecular complexity index is 658. The van der Waals surface area contributed by atoms with Crippen LogP contribution in [0.5, 0.6) is 0 Å². The number of carbonyl (C=O) groups excluding carboxylic acids is 1. The SMILES string of the molecule is NC(=O)c1ccccc1NC(=S)NCc1ccc(Cl)cc1. The molecule has 0 aliphatic carbocycles. The third-order valence-electron chi connectivity index (χ3n) is 2.81. The summed E-state index contributed by atoms with van der Waals surface area (Å²) in [5.41, 5.74) is 7.34. The molecule has 108 valence electrons. The zero-order chi connectivity index (χ0) is 15.2. The summed E-state index contributed by atoms with van der Waals surface area (Å²) in [6, 6.07) is 14.4. The van der Waals surface area contributed by atoms with Gasteiger partial charge in [-0.15, -0.1) is 0 Å². The first-order valence-corrected chi connectivity index (χ1v) is 7.03. The van der Waals surface area contributed by atoms with Gasteiger partial charge in [-0.2, -0.15) is 0 Å². The van der Waals surface area contributed by atoms with E-state index in [9.17, 15) is 4.79 Å². The van der Waals surface area contributed by atoms with Crippen molar-refractivity contribution in [1.82, 2.24) is 5.32 Å². The number of rotatable bonds is 4. The summed E-state index contributed by atoms with van der Waals surface area (Å²) >= 11 is 11.0. The molecule has 21 heavy (non-hydrogen) atoms. The molecule has 0 bridgehead atoms. The van der Waals surface area contributed by atoms with Gasteiger partial charge < -0.3 is 16.4 Å². The summed E-state index contributed by atoms with van der Waals surface area (Å²) in [6.45, 7) is 0.557. The van der Waals surface area contributed by atoms with Gasteiger partial charge in [0.05, 0.1) is 11.3 Å². The summed E-state index contributed by atoms with van der Waals surface area (Å²) in [6.07, 6.45) is 0. The predicted octanol–water partition coefficient (Wildman–Crippen LogP) is 2.93. The van der Waals surface area contributed by atoms with Crippen molar-refractivity contribution in [2.75, 3.05) is 5.32 Å². The second-order valence-electron chi connectivity index (χ2n) is 4.34. The lowest BCUT2D eigenvalue weighted by atomic mass is 10.1. The van der Waals surface area contributed by atoms with Crippen molar-refractivity contribution in [2.45, 2.75) is 6.54 Å². The number of benzene rings is 2. The van der Waals surface area contributed by atoms with E-state index in [4.69, 9.17) is 29.6 Å². The Balaban J connectivity index is 1.96. The largest absolute Gasteiger partial charge is 0.366 e. The fraction of sp³-hybridized carbons (Fsp3) is 0.0667. The van der Waals surface area contributed by atoms with Gasteiger partial charge >= 0.3 is 0 Å². The smallest absolute Gasteiger partial charge is 0.250 e. The van der Waals surface area contributed by atoms with Gasteiger partial charge in [-0.25, -0.2) is 0 Å². The van der Waals surface area contributed by atoms with Gasteiger partial charge in [-0.1, -0.05) is 35.9 Å². The quantitative estimate of drug-likeness (QED) is 0.758. The van der Waals surface area contributed by atoms with Crippen LogP contribution < -0.4 is 16.4 Å². The van der Waals surface area contributed by atoms with Crippen molar-refractivity contribution >= 4 is 40.5 Å². The highest BCUT2D eigenvalue weighted by Crippen LogP contribution is 2.14. The Morgan fingerprint density at radius 3 is 2.48 bits per heavy atom. The van der Waals surface area contributed by atoms with Crippen LogP contribution in [-0.2, 0) is 6.54 Å². The average molecular weight is 320 g/mol. The van der Waals surface area contributed by atoms with E-state index >= 15 is 0 Å². The lowest BCUT2D eigenvalue weighted by Crippen LogP contribution is -2.29. The summed E-state index contributed by atoms with van der Waals surface area (Å²) < 4.78 is 0. The number of nitrogens with two attached hydrogens (primary N) is 1. The summed E-state index contributed by atoms with van der Waals surface area (Å²) in [5.74, 6) is -0.501. The van der Waals surface area contributed by atoms with Crippen molar-refractivity contribution in [2.24, 2.45) is 5.73 Å². The van der Waals surface area contributed by atoms with Gasteiger partial charge in [0.15, 0.2) is 5.11 Å². The second kappa shape index (κ2) is 7.06. The van der Waals surface area contributed by atoms with Crippen molar-refractivity contribution < 1.29 is 4.79 Å². The molecule has 0 aliphatic heterocycles. The third-order valence-corrected chi connectivity index (χ3v) is 3.31. The summed E-state index contributed by atoms with van der Waals surface area (Å²) in [7, 11) is 0. The molecule has 2 aromatic carbocycles. The van der Waals surface area contributed by atoms with E-state index in [0.29, 0.717) is 27.9 Å². The van der Waals surface area contributed by atoms with Crippen LogP contribution in [0, 0.1) is 0 Å². The summed E-state index contributed by atoms with van der Waals surface area (Å²) in [5, 5.41) is 7.13. The summed E-state index contributed by atoms with van der Waals surface area (Å²) in [4.78, 5) is 11.3. The first kappa shape index (κ1) is 15.3. The molecule has 6 heteroatoms. The molecule has 0 atom stereocenters. The van der Waals surface area contributed by atoms with Gasteiger partial charge in [0.2, 0.25) is 0 Å². The standard InChI is InChI=1S/C15H14ClN3OS/c16-11-7-5-10(6-8-11)9-18-15(21)19-13-4-2-1-3-12(13)14(17)20/h1-8H,9H2,(H2,17,20)(H2,18,19,21). The maximum Gasteiger partial charge on any atom is 0.250 e. The fourth-order valence-electron chi connectivity index (χ4n) is 1.76. The molecule has 1 amide bonds. The highest BCUT2D eigenvalue weighted by molar-refractivity contribution is 7.80. The van der Waals surface area contributed by atoms with E-state index in [2.05, 4.69) is 10.6 Å². The fourth-order valence-corrected chi connectivity index (χ4v) is 2.07. The number of carbonyl (C=O) groups is 1. The van der Waals surface area contributed by atoms with Crippen LogP contribution in [-0.4, -0.2) is 11.0 Å². The number of thiocarbonyl (C=S) groups is 1. The van der Waals surface area contributed by atoms with E-state index in [0.717, 1.165) is 5.56 Å². The van der Waals surface area contributed by atoms with Gasteiger partial charge in [0.25, 0.3) is 5.91 Å². The number of halogens is 1. The first-order valence-electron chi connectivity index (χ1n) is 6.24. The minimum absolute atomic E-state index is 0.396. The number of primary amides is 1. The Morgan fingerprint density at radius 1 is 1.14 bits per heavy atom. The molecule has 0 heterocycles. The second-order valence-corrected chi connectivity index (χ2v) is 5.19. The molecule has 2 aromatic rings. The number of amides is 1. The molecule has 0 radical (unpaired) electrons. The molecule has 0 fully saturated rings. The van der Waals surface area contributed by atoms with Crippen molar-refractivity contribution in [3.8, 4) is 0 Å². The minimum Gasteiger partial charge on any atom is -0.366 e. The highest BCUT2D eigenvalue weighted by atomic mass is 35.5. The molecule has 0 aromatic heterocycles. The van der Waals surface area contributed by atoms with Crippen LogP contribution in [0.4, 0.5) is 5.69 Å². The maximum absolute atomic E-state index is 11.3. The Morgan fingerprint density at radius 2 is 1.81 bits per heavy atom. The molecule has 4 N–H and O–H groups in total. The Labute approximate surface area is 133 Å². The van der Waals surface area contributed by atoms with Crippen LogP contribution in [0.15, 0.2) is 48.5 Å². The van der Waals surface area contributed by atoms with Gasteiger partial charge in [-0.05, 0) is 42.0 Å². The molecule has 0 saturated heterocycles. The van der Waals surface area contributed by atoms with E-state index in [1.807, 2.05) is 24.3 Å². The molecule has 0 aliphatic rings. The number of para-hydroxylation sites is 1. The Kier molecular flexibility index (Phi) is 5.14. The lowest BCUT2D eigenvalue weighted by Gasteiger charge is -2.12. The van der Waals surface area contributed by atoms with E-state index in [1.165, 1.54) is 0 Å². The monoisotopic (exact) mass is 319 g/mol. The van der Waals surface area contributed by atoms with Crippen LogP contribution >= 0.6 is 23.8 Å². The first-order chi connectivity index (χ1) is 10.1.